The summed E-state index contributed by atoms with van der Waals surface area (Å²) in [6, 6.07) is 5.59. The molecule has 1 unspecified atom stereocenters. The molecule has 2 aromatic rings. The number of nitrogens with one attached hydrogen (secondary N) is 1. The number of sulfonamides is 1. The first kappa shape index (κ1) is 34.1. The Kier molecular flexibility index (Phi) is 12.8. The second-order valence-corrected chi connectivity index (χ2v) is 14.0. The van der Waals surface area contributed by atoms with E-state index in [1.165, 1.54) is 49.1 Å². The summed E-state index contributed by atoms with van der Waals surface area (Å²) in [6.45, 7) is 6.00. The molecular weight excluding hydrogens is 580 g/mol. The van der Waals surface area contributed by atoms with Gasteiger partial charge in [0.2, 0.25) is 5.89 Å². The molecule has 2 fully saturated rings. The van der Waals surface area contributed by atoms with Crippen LogP contribution in [0.5, 0.6) is 5.75 Å². The van der Waals surface area contributed by atoms with Gasteiger partial charge in [-0.25, -0.2) is 13.4 Å². The molecule has 1 N–H and O–H groups in total. The zero-order valence-corrected chi connectivity index (χ0v) is 27.5. The number of hydrogen-bond donors (Lipinski definition) is 1. The Morgan fingerprint density at radius 3 is 2.57 bits per heavy atom. The van der Waals surface area contributed by atoms with E-state index in [9.17, 15) is 18.0 Å². The van der Waals surface area contributed by atoms with Crippen molar-refractivity contribution in [2.24, 2.45) is 5.92 Å². The van der Waals surface area contributed by atoms with Crippen molar-refractivity contribution in [3.63, 3.8) is 0 Å². The van der Waals surface area contributed by atoms with Crippen molar-refractivity contribution in [2.45, 2.75) is 103 Å². The standard InChI is InChI=1S/C33H50N4O6S/c1-4-37(5-2)44(40,41)31(38)19-17-26-16-18-28(42-3)22-27(26)23-36-21-11-15-30(36)33-35-29(24-43-33)32(39)34-20-10-9-14-25-12-7-6-8-13-25/h16,18,22,24-25,30H,4-15,17,19-21,23H2,1-3H3,(H,34,39). The van der Waals surface area contributed by atoms with Crippen molar-refractivity contribution < 1.29 is 27.2 Å². The third kappa shape index (κ3) is 8.91. The summed E-state index contributed by atoms with van der Waals surface area (Å²) in [5.74, 6) is 1.86. The van der Waals surface area contributed by atoms with Crippen molar-refractivity contribution in [1.82, 2.24) is 19.5 Å². The predicted octanol–water partition coefficient (Wildman–Crippen LogP) is 5.63. The first-order valence-electron chi connectivity index (χ1n) is 16.4. The Hall–Kier alpha value is -2.76. The van der Waals surface area contributed by atoms with E-state index in [0.717, 1.165) is 49.3 Å². The summed E-state index contributed by atoms with van der Waals surface area (Å²) < 4.78 is 37.8. The second-order valence-electron chi connectivity index (χ2n) is 12.1. The number of ether oxygens (including phenoxy) is 1. The summed E-state index contributed by atoms with van der Waals surface area (Å²) in [6.07, 6.45) is 13.6. The van der Waals surface area contributed by atoms with E-state index in [1.54, 1.807) is 21.0 Å². The number of nitrogens with zero attached hydrogens (tertiary/aromatic N) is 3. The Morgan fingerprint density at radius 2 is 1.84 bits per heavy atom. The minimum absolute atomic E-state index is 0.0872. The molecule has 2 heterocycles. The molecule has 1 atom stereocenters. The number of likely N-dealkylation sites (tertiary alicyclic amines) is 1. The molecule has 1 saturated heterocycles. The van der Waals surface area contributed by atoms with Crippen molar-refractivity contribution in [2.75, 3.05) is 33.3 Å². The summed E-state index contributed by atoms with van der Waals surface area (Å²) in [5, 5.41) is 2.23. The number of carbonyl (C=O) groups is 2. The van der Waals surface area contributed by atoms with Gasteiger partial charge in [0.05, 0.1) is 13.2 Å². The van der Waals surface area contributed by atoms with Crippen LogP contribution in [-0.4, -0.2) is 66.9 Å². The average Bonchev–Trinajstić information content (AvgIpc) is 3.71. The van der Waals surface area contributed by atoms with E-state index < -0.39 is 15.1 Å². The van der Waals surface area contributed by atoms with Crippen LogP contribution >= 0.6 is 0 Å². The van der Waals surface area contributed by atoms with E-state index in [2.05, 4.69) is 15.2 Å². The molecule has 1 aliphatic carbocycles. The van der Waals surface area contributed by atoms with Gasteiger partial charge in [0.1, 0.15) is 12.0 Å². The number of rotatable bonds is 16. The van der Waals surface area contributed by atoms with E-state index in [4.69, 9.17) is 9.15 Å². The number of benzene rings is 1. The lowest BCUT2D eigenvalue weighted by molar-refractivity contribution is -0.112. The summed E-state index contributed by atoms with van der Waals surface area (Å²) in [4.78, 5) is 32.3. The SMILES string of the molecule is CCN(CC)S(=O)(=O)C(=O)CCc1ccc(OC)cc1CN1CCCC1c1nc(C(=O)NCCCCC2CCCCC2)co1. The van der Waals surface area contributed by atoms with Gasteiger partial charge in [0.25, 0.3) is 21.0 Å². The maximum absolute atomic E-state index is 12.8. The van der Waals surface area contributed by atoms with Gasteiger partial charge in [-0.05, 0) is 61.4 Å². The molecule has 10 nitrogen and oxygen atoms in total. The number of amides is 1. The molecule has 44 heavy (non-hydrogen) atoms. The van der Waals surface area contributed by atoms with Crippen molar-refractivity contribution in [1.29, 1.82) is 0 Å². The molecule has 1 amide bonds. The van der Waals surface area contributed by atoms with Gasteiger partial charge in [-0.2, -0.15) is 4.31 Å². The number of hydrogen-bond acceptors (Lipinski definition) is 8. The molecule has 0 radical (unpaired) electrons. The first-order valence-corrected chi connectivity index (χ1v) is 17.9. The average molecular weight is 631 g/mol. The van der Waals surface area contributed by atoms with Crippen LogP contribution in [0.15, 0.2) is 28.9 Å². The van der Waals surface area contributed by atoms with Crippen LogP contribution < -0.4 is 10.1 Å². The summed E-state index contributed by atoms with van der Waals surface area (Å²) in [7, 11) is -2.37. The highest BCUT2D eigenvalue weighted by atomic mass is 32.2. The third-order valence-corrected chi connectivity index (χ3v) is 11.1. The highest BCUT2D eigenvalue weighted by Crippen LogP contribution is 2.34. The van der Waals surface area contributed by atoms with Gasteiger partial charge in [0, 0.05) is 32.6 Å². The second kappa shape index (κ2) is 16.5. The number of oxazole rings is 1. The quantitative estimate of drug-likeness (QED) is 0.237. The van der Waals surface area contributed by atoms with Gasteiger partial charge in [0.15, 0.2) is 5.69 Å². The maximum atomic E-state index is 12.8. The Balaban J connectivity index is 1.34. The number of unbranched alkanes of at least 4 members (excludes halogenated alkanes) is 1. The zero-order valence-electron chi connectivity index (χ0n) is 26.7. The molecule has 1 aromatic carbocycles. The molecule has 1 aromatic heterocycles. The van der Waals surface area contributed by atoms with Gasteiger partial charge in [-0.15, -0.1) is 0 Å². The fraction of sp³-hybridized carbons (Fsp3) is 0.667. The van der Waals surface area contributed by atoms with Crippen LogP contribution in [0, 0.1) is 5.92 Å². The largest absolute Gasteiger partial charge is 0.497 e. The van der Waals surface area contributed by atoms with E-state index in [-0.39, 0.29) is 31.5 Å². The highest BCUT2D eigenvalue weighted by molar-refractivity contribution is 8.04. The Bertz CT molecular complexity index is 1330. The Labute approximate surface area is 263 Å². The lowest BCUT2D eigenvalue weighted by Crippen LogP contribution is -2.36. The van der Waals surface area contributed by atoms with Crippen molar-refractivity contribution in [3.8, 4) is 5.75 Å². The topological polar surface area (TPSA) is 122 Å². The maximum Gasteiger partial charge on any atom is 0.276 e. The molecular formula is C33H50N4O6S. The van der Waals surface area contributed by atoms with E-state index in [1.807, 2.05) is 18.2 Å². The van der Waals surface area contributed by atoms with Crippen LogP contribution in [0.1, 0.15) is 118 Å². The molecule has 0 spiro atoms. The number of aryl methyl sites for hydroxylation is 1. The van der Waals surface area contributed by atoms with Crippen LogP contribution in [0.4, 0.5) is 0 Å². The third-order valence-electron chi connectivity index (χ3n) is 9.17. The summed E-state index contributed by atoms with van der Waals surface area (Å²) in [5.41, 5.74) is 2.16. The van der Waals surface area contributed by atoms with Crippen LogP contribution in [0.3, 0.4) is 0 Å². The lowest BCUT2D eigenvalue weighted by atomic mass is 9.86. The normalized spacial score (nSPS) is 18.1. The molecule has 2 aliphatic rings. The fourth-order valence-electron chi connectivity index (χ4n) is 6.58. The molecule has 11 heteroatoms. The zero-order chi connectivity index (χ0) is 31.5. The molecule has 4 rings (SSSR count). The molecule has 244 valence electrons. The fourth-order valence-corrected chi connectivity index (χ4v) is 7.91. The van der Waals surface area contributed by atoms with Crippen LogP contribution in [-0.2, 0) is 27.8 Å². The number of carbonyl (C=O) groups excluding carboxylic acids is 2. The minimum Gasteiger partial charge on any atom is -0.497 e. The van der Waals surface area contributed by atoms with Crippen molar-refractivity contribution in [3.05, 3.63) is 47.2 Å². The van der Waals surface area contributed by atoms with Gasteiger partial charge in [-0.1, -0.05) is 64.9 Å². The predicted molar refractivity (Wildman–Crippen MR) is 170 cm³/mol. The van der Waals surface area contributed by atoms with E-state index >= 15 is 0 Å². The number of aromatic nitrogens is 1. The highest BCUT2D eigenvalue weighted by Gasteiger charge is 2.32. The van der Waals surface area contributed by atoms with Gasteiger partial charge >= 0.3 is 0 Å². The monoisotopic (exact) mass is 630 g/mol. The molecule has 1 aliphatic heterocycles. The lowest BCUT2D eigenvalue weighted by Gasteiger charge is -2.24. The van der Waals surface area contributed by atoms with Crippen LogP contribution in [0.2, 0.25) is 0 Å². The van der Waals surface area contributed by atoms with E-state index in [0.29, 0.717) is 36.8 Å². The van der Waals surface area contributed by atoms with Gasteiger partial charge in [-0.3, -0.25) is 14.5 Å². The smallest absolute Gasteiger partial charge is 0.276 e. The molecule has 1 saturated carbocycles. The first-order chi connectivity index (χ1) is 21.3. The minimum atomic E-state index is -3.98. The summed E-state index contributed by atoms with van der Waals surface area (Å²) >= 11 is 0. The Morgan fingerprint density at radius 1 is 1.07 bits per heavy atom. The van der Waals surface area contributed by atoms with Crippen molar-refractivity contribution >= 4 is 21.0 Å². The van der Waals surface area contributed by atoms with Crippen LogP contribution in [0.25, 0.3) is 0 Å². The molecule has 0 bridgehead atoms. The number of methoxy groups -OCH3 is 1. The van der Waals surface area contributed by atoms with Gasteiger partial charge < -0.3 is 14.5 Å².